The van der Waals surface area contributed by atoms with Crippen molar-refractivity contribution < 1.29 is 4.79 Å². The number of nitrogens with one attached hydrogen (secondary N) is 2. The third kappa shape index (κ3) is 5.48. The summed E-state index contributed by atoms with van der Waals surface area (Å²) in [6.45, 7) is 7.95. The summed E-state index contributed by atoms with van der Waals surface area (Å²) >= 11 is 0. The molecule has 136 valence electrons. The van der Waals surface area contributed by atoms with Crippen molar-refractivity contribution in [3.63, 3.8) is 0 Å². The number of urea groups is 1. The van der Waals surface area contributed by atoms with Crippen LogP contribution in [0.1, 0.15) is 23.9 Å². The zero-order chi connectivity index (χ0) is 18.4. The Balaban J connectivity index is 1.78. The second-order valence-corrected chi connectivity index (χ2v) is 6.66. The van der Waals surface area contributed by atoms with Crippen LogP contribution in [0.15, 0.2) is 24.4 Å². The lowest BCUT2D eigenvalue weighted by molar-refractivity contribution is 0.238. The van der Waals surface area contributed by atoms with Gasteiger partial charge in [0.15, 0.2) is 0 Å². The van der Waals surface area contributed by atoms with Crippen molar-refractivity contribution in [1.29, 1.82) is 0 Å². The summed E-state index contributed by atoms with van der Waals surface area (Å²) < 4.78 is 1.98. The molecule has 7 nitrogen and oxygen atoms in total. The number of anilines is 1. The quantitative estimate of drug-likeness (QED) is 0.806. The SMILES string of the molecule is Cc1cc(C)n(C[C@H](C)CNC(=O)NCc2cccnc2N(C)C)n1. The molecule has 2 rings (SSSR count). The zero-order valence-corrected chi connectivity index (χ0v) is 15.7. The van der Waals surface area contributed by atoms with Crippen LogP contribution in [0.5, 0.6) is 0 Å². The Bertz CT molecular complexity index is 709. The van der Waals surface area contributed by atoms with E-state index in [0.29, 0.717) is 19.0 Å². The fourth-order valence-electron chi connectivity index (χ4n) is 2.70. The van der Waals surface area contributed by atoms with E-state index in [1.807, 2.05) is 49.7 Å². The molecule has 0 unspecified atom stereocenters. The molecule has 0 bridgehead atoms. The van der Waals surface area contributed by atoms with Crippen molar-refractivity contribution in [2.24, 2.45) is 5.92 Å². The van der Waals surface area contributed by atoms with E-state index >= 15 is 0 Å². The van der Waals surface area contributed by atoms with E-state index in [1.54, 1.807) is 6.20 Å². The van der Waals surface area contributed by atoms with Crippen LogP contribution in [0.4, 0.5) is 10.6 Å². The molecule has 0 aliphatic carbocycles. The molecule has 25 heavy (non-hydrogen) atoms. The molecule has 0 radical (unpaired) electrons. The molecule has 0 aliphatic rings. The van der Waals surface area contributed by atoms with Gasteiger partial charge in [0.25, 0.3) is 0 Å². The first-order chi connectivity index (χ1) is 11.9. The minimum atomic E-state index is -0.172. The molecular formula is C18H28N6O. The topological polar surface area (TPSA) is 75.1 Å². The van der Waals surface area contributed by atoms with Gasteiger partial charge in [0.05, 0.1) is 5.69 Å². The van der Waals surface area contributed by atoms with Crippen LogP contribution in [0.2, 0.25) is 0 Å². The van der Waals surface area contributed by atoms with Gasteiger partial charge < -0.3 is 15.5 Å². The second-order valence-electron chi connectivity index (χ2n) is 6.66. The number of aryl methyl sites for hydroxylation is 2. The van der Waals surface area contributed by atoms with E-state index in [4.69, 9.17) is 0 Å². The standard InChI is InChI=1S/C18H28N6O/c1-13(12-24-15(3)9-14(2)22-24)10-20-18(25)21-11-16-7-6-8-19-17(16)23(4)5/h6-9,13H,10-12H2,1-5H3,(H2,20,21,25)/t13-/m1/s1. The van der Waals surface area contributed by atoms with Crippen LogP contribution in [-0.4, -0.2) is 41.4 Å². The Kier molecular flexibility index (Phi) is 6.38. The molecule has 2 heterocycles. The van der Waals surface area contributed by atoms with Crippen LogP contribution in [0.25, 0.3) is 0 Å². The van der Waals surface area contributed by atoms with Gasteiger partial charge in [-0.25, -0.2) is 9.78 Å². The molecule has 7 heteroatoms. The van der Waals surface area contributed by atoms with Crippen molar-refractivity contribution in [2.45, 2.75) is 33.9 Å². The predicted molar refractivity (Wildman–Crippen MR) is 99.7 cm³/mol. The summed E-state index contributed by atoms with van der Waals surface area (Å²) in [5, 5.41) is 10.3. The van der Waals surface area contributed by atoms with Crippen molar-refractivity contribution in [1.82, 2.24) is 25.4 Å². The van der Waals surface area contributed by atoms with Gasteiger partial charge in [0, 0.05) is 51.2 Å². The number of aromatic nitrogens is 3. The van der Waals surface area contributed by atoms with E-state index in [-0.39, 0.29) is 6.03 Å². The summed E-state index contributed by atoms with van der Waals surface area (Å²) in [6.07, 6.45) is 1.75. The molecule has 0 aliphatic heterocycles. The molecule has 0 saturated carbocycles. The number of hydrogen-bond acceptors (Lipinski definition) is 4. The maximum absolute atomic E-state index is 12.0. The van der Waals surface area contributed by atoms with Gasteiger partial charge >= 0.3 is 6.03 Å². The van der Waals surface area contributed by atoms with Gasteiger partial charge in [0.1, 0.15) is 5.82 Å². The van der Waals surface area contributed by atoms with Crippen molar-refractivity contribution in [3.05, 3.63) is 41.3 Å². The molecule has 1 atom stereocenters. The van der Waals surface area contributed by atoms with Gasteiger partial charge in [-0.3, -0.25) is 4.68 Å². The first-order valence-corrected chi connectivity index (χ1v) is 8.50. The molecule has 2 aromatic heterocycles. The van der Waals surface area contributed by atoms with Crippen LogP contribution >= 0.6 is 0 Å². The number of hydrogen-bond donors (Lipinski definition) is 2. The third-order valence-electron chi connectivity index (χ3n) is 3.93. The molecule has 0 spiro atoms. The maximum atomic E-state index is 12.0. The Hall–Kier alpha value is -2.57. The molecule has 0 saturated heterocycles. The smallest absolute Gasteiger partial charge is 0.315 e. The largest absolute Gasteiger partial charge is 0.362 e. The van der Waals surface area contributed by atoms with Crippen molar-refractivity contribution >= 4 is 11.8 Å². The van der Waals surface area contributed by atoms with Gasteiger partial charge in [-0.1, -0.05) is 13.0 Å². The molecule has 2 amide bonds. The van der Waals surface area contributed by atoms with Gasteiger partial charge in [-0.05, 0) is 31.9 Å². The fourth-order valence-corrected chi connectivity index (χ4v) is 2.70. The van der Waals surface area contributed by atoms with Gasteiger partial charge in [-0.2, -0.15) is 5.10 Å². The van der Waals surface area contributed by atoms with Crippen molar-refractivity contribution in [2.75, 3.05) is 25.5 Å². The lowest BCUT2D eigenvalue weighted by atomic mass is 10.2. The summed E-state index contributed by atoms with van der Waals surface area (Å²) in [5.74, 6) is 1.15. The highest BCUT2D eigenvalue weighted by Crippen LogP contribution is 2.13. The number of pyridine rings is 1. The number of carbonyl (C=O) groups is 1. The molecule has 0 fully saturated rings. The highest BCUT2D eigenvalue weighted by molar-refractivity contribution is 5.74. The van der Waals surface area contributed by atoms with E-state index in [0.717, 1.165) is 29.3 Å². The highest BCUT2D eigenvalue weighted by Gasteiger charge is 2.10. The van der Waals surface area contributed by atoms with E-state index in [9.17, 15) is 4.79 Å². The number of rotatable bonds is 7. The Labute approximate surface area is 149 Å². The fraction of sp³-hybridized carbons (Fsp3) is 0.500. The average molecular weight is 344 g/mol. The van der Waals surface area contributed by atoms with Crippen LogP contribution < -0.4 is 15.5 Å². The number of nitrogens with zero attached hydrogens (tertiary/aromatic N) is 4. The second kappa shape index (κ2) is 8.50. The number of carbonyl (C=O) groups excluding carboxylic acids is 1. The minimum absolute atomic E-state index is 0.172. The normalized spacial score (nSPS) is 11.9. The van der Waals surface area contributed by atoms with Gasteiger partial charge in [-0.15, -0.1) is 0 Å². The lowest BCUT2D eigenvalue weighted by Gasteiger charge is -2.17. The minimum Gasteiger partial charge on any atom is -0.362 e. The molecule has 2 aromatic rings. The Morgan fingerprint density at radius 2 is 2.08 bits per heavy atom. The lowest BCUT2D eigenvalue weighted by Crippen LogP contribution is -2.38. The summed E-state index contributed by atoms with van der Waals surface area (Å²) in [7, 11) is 3.87. The number of amides is 2. The molecule has 0 aromatic carbocycles. The average Bonchev–Trinajstić information content (AvgIpc) is 2.88. The summed E-state index contributed by atoms with van der Waals surface area (Å²) in [4.78, 5) is 18.3. The summed E-state index contributed by atoms with van der Waals surface area (Å²) in [6, 6.07) is 5.73. The Morgan fingerprint density at radius 3 is 2.72 bits per heavy atom. The molecule has 2 N–H and O–H groups in total. The van der Waals surface area contributed by atoms with Gasteiger partial charge in [0.2, 0.25) is 0 Å². The first kappa shape index (κ1) is 18.8. The van der Waals surface area contributed by atoms with E-state index < -0.39 is 0 Å². The van der Waals surface area contributed by atoms with E-state index in [2.05, 4.69) is 33.7 Å². The Morgan fingerprint density at radius 1 is 1.32 bits per heavy atom. The van der Waals surface area contributed by atoms with Crippen LogP contribution in [0.3, 0.4) is 0 Å². The summed E-state index contributed by atoms with van der Waals surface area (Å²) in [5.41, 5.74) is 3.14. The first-order valence-electron chi connectivity index (χ1n) is 8.50. The maximum Gasteiger partial charge on any atom is 0.315 e. The van der Waals surface area contributed by atoms with Crippen molar-refractivity contribution in [3.8, 4) is 0 Å². The zero-order valence-electron chi connectivity index (χ0n) is 15.7. The van der Waals surface area contributed by atoms with E-state index in [1.165, 1.54) is 0 Å². The third-order valence-corrected chi connectivity index (χ3v) is 3.93. The highest BCUT2D eigenvalue weighted by atomic mass is 16.2. The van der Waals surface area contributed by atoms with Crippen LogP contribution in [0, 0.1) is 19.8 Å². The predicted octanol–water partition coefficient (Wildman–Crippen LogP) is 2.10. The monoisotopic (exact) mass is 344 g/mol. The molecular weight excluding hydrogens is 316 g/mol. The van der Waals surface area contributed by atoms with Crippen LogP contribution in [-0.2, 0) is 13.1 Å².